The second-order valence-electron chi connectivity index (χ2n) is 1.54. The summed E-state index contributed by atoms with van der Waals surface area (Å²) in [6, 6.07) is 0. The Morgan fingerprint density at radius 3 is 1.75 bits per heavy atom. The molecule has 0 aliphatic heterocycles. The van der Waals surface area contributed by atoms with Crippen molar-refractivity contribution >= 4 is 24.3 Å². The van der Waals surface area contributed by atoms with Crippen LogP contribution >= 0.6 is 12.4 Å². The molecule has 0 aromatic heterocycles. The molecule has 0 rings (SSSR count). The maximum Gasteiger partial charge on any atom is 0.185 e. The highest BCUT2D eigenvalue weighted by atomic mass is 35.5. The van der Waals surface area contributed by atoms with Crippen molar-refractivity contribution in [3.8, 4) is 0 Å². The first-order chi connectivity index (χ1) is 5.00. The van der Waals surface area contributed by atoms with Crippen molar-refractivity contribution in [3.63, 3.8) is 0 Å². The highest BCUT2D eigenvalue weighted by Crippen LogP contribution is 1.54. The summed E-state index contributed by atoms with van der Waals surface area (Å²) in [6.45, 7) is 3.98. The first-order valence-electron chi connectivity index (χ1n) is 2.79. The quantitative estimate of drug-likeness (QED) is 0.189. The lowest BCUT2D eigenvalue weighted by atomic mass is 10.6. The largest absolute Gasteiger partial charge is 0.370 e. The van der Waals surface area contributed by atoms with Crippen LogP contribution in [-0.4, -0.2) is 18.5 Å². The van der Waals surface area contributed by atoms with Gasteiger partial charge < -0.3 is 22.5 Å². The smallest absolute Gasteiger partial charge is 0.185 e. The van der Waals surface area contributed by atoms with Gasteiger partial charge in [0.1, 0.15) is 0 Å². The molecule has 0 aromatic carbocycles. The Hall–Kier alpha value is -1.43. The summed E-state index contributed by atoms with van der Waals surface area (Å²) in [5.74, 6) is -0.347. The summed E-state index contributed by atoms with van der Waals surface area (Å²) in [6.07, 6.45) is 1.64. The van der Waals surface area contributed by atoms with E-state index in [9.17, 15) is 0 Å². The van der Waals surface area contributed by atoms with Gasteiger partial charge in [0, 0.05) is 6.54 Å². The van der Waals surface area contributed by atoms with Crippen LogP contribution in [0.25, 0.3) is 0 Å². The third-order valence-corrected chi connectivity index (χ3v) is 0.437. The zero-order valence-corrected chi connectivity index (χ0v) is 7.45. The first-order valence-corrected chi connectivity index (χ1v) is 2.79. The van der Waals surface area contributed by atoms with Crippen molar-refractivity contribution in [3.05, 3.63) is 12.7 Å². The van der Waals surface area contributed by atoms with E-state index in [1.165, 1.54) is 0 Å². The molecule has 0 radical (unpaired) electrons. The summed E-state index contributed by atoms with van der Waals surface area (Å²) in [5, 5.41) is 15.2. The van der Waals surface area contributed by atoms with E-state index in [1.54, 1.807) is 6.08 Å². The maximum absolute atomic E-state index is 6.62. The number of hydrogen-bond acceptors (Lipinski definition) is 2. The minimum atomic E-state index is -0.333. The van der Waals surface area contributed by atoms with E-state index in [-0.39, 0.29) is 24.3 Å². The Morgan fingerprint density at radius 1 is 1.33 bits per heavy atom. The summed E-state index contributed by atoms with van der Waals surface area (Å²) >= 11 is 0. The van der Waals surface area contributed by atoms with Crippen molar-refractivity contribution in [2.24, 2.45) is 17.2 Å². The molecule has 0 unspecified atom stereocenters. The Kier molecular flexibility index (Phi) is 17.3. The van der Waals surface area contributed by atoms with Crippen LogP contribution in [0.3, 0.4) is 0 Å². The van der Waals surface area contributed by atoms with Crippen LogP contribution in [-0.2, 0) is 0 Å². The number of nitrogens with one attached hydrogen (secondary N) is 3. The molecule has 0 bridgehead atoms. The average Bonchev–Trinajstić information content (AvgIpc) is 1.82. The van der Waals surface area contributed by atoms with Crippen LogP contribution in [0.15, 0.2) is 12.7 Å². The van der Waals surface area contributed by atoms with Gasteiger partial charge in [0.25, 0.3) is 0 Å². The zero-order chi connectivity index (χ0) is 9.28. The molecular weight excluding hydrogens is 180 g/mol. The number of halogens is 1. The monoisotopic (exact) mass is 194 g/mol. The van der Waals surface area contributed by atoms with Crippen molar-refractivity contribution in [2.45, 2.75) is 0 Å². The molecule has 0 heterocycles. The van der Waals surface area contributed by atoms with Gasteiger partial charge in [-0.3, -0.25) is 10.8 Å². The molecule has 0 atom stereocenters. The predicted octanol–water partition coefficient (Wildman–Crippen LogP) is -1.08. The second-order valence-corrected chi connectivity index (χ2v) is 1.54. The van der Waals surface area contributed by atoms with Crippen LogP contribution < -0.4 is 22.5 Å². The molecule has 72 valence electrons. The van der Waals surface area contributed by atoms with Gasteiger partial charge in [0.05, 0.1) is 0 Å². The van der Waals surface area contributed by atoms with E-state index >= 15 is 0 Å². The zero-order valence-electron chi connectivity index (χ0n) is 6.63. The fraction of sp³-hybridized carbons (Fsp3) is 0.200. The van der Waals surface area contributed by atoms with Gasteiger partial charge in [-0.1, -0.05) is 6.08 Å². The van der Waals surface area contributed by atoms with Crippen LogP contribution in [0, 0.1) is 10.8 Å². The number of nitrogens with two attached hydrogens (primary N) is 3. The lowest BCUT2D eigenvalue weighted by Gasteiger charge is -1.94. The van der Waals surface area contributed by atoms with Crippen LogP contribution in [0.2, 0.25) is 0 Å². The summed E-state index contributed by atoms with van der Waals surface area (Å²) in [7, 11) is 0. The van der Waals surface area contributed by atoms with Gasteiger partial charge in [-0.25, -0.2) is 0 Å². The molecule has 12 heavy (non-hydrogen) atoms. The fourth-order valence-corrected chi connectivity index (χ4v) is 0.182. The molecule has 0 amide bonds. The summed E-state index contributed by atoms with van der Waals surface area (Å²) in [5.41, 5.74) is 13.8. The minimum Gasteiger partial charge on any atom is -0.370 e. The topological polar surface area (TPSA) is 138 Å². The normalized spacial score (nSPS) is 6.33. The van der Waals surface area contributed by atoms with E-state index < -0.39 is 0 Å². The molecule has 6 nitrogen and oxygen atoms in total. The molecule has 0 spiro atoms. The number of guanidine groups is 2. The Bertz CT molecular complexity index is 141. The Morgan fingerprint density at radius 2 is 1.67 bits per heavy atom. The molecule has 9 N–H and O–H groups in total. The molecule has 0 aliphatic rings. The SMILES string of the molecule is C=CCNC(=N)N.Cl.N=C(N)N. The molecule has 0 aromatic rings. The van der Waals surface area contributed by atoms with Gasteiger partial charge in [-0.2, -0.15) is 0 Å². The third-order valence-electron chi connectivity index (χ3n) is 0.437. The molecule has 0 aliphatic carbocycles. The molecule has 0 fully saturated rings. The average molecular weight is 195 g/mol. The van der Waals surface area contributed by atoms with E-state index in [0.717, 1.165) is 0 Å². The third kappa shape index (κ3) is 74.4. The second kappa shape index (κ2) is 12.3. The van der Waals surface area contributed by atoms with Crippen molar-refractivity contribution in [2.75, 3.05) is 6.54 Å². The van der Waals surface area contributed by atoms with E-state index in [1.807, 2.05) is 0 Å². The highest BCUT2D eigenvalue weighted by molar-refractivity contribution is 5.85. The molecule has 0 saturated heterocycles. The molecule has 7 heteroatoms. The summed E-state index contributed by atoms with van der Waals surface area (Å²) < 4.78 is 0. The van der Waals surface area contributed by atoms with E-state index in [2.05, 4.69) is 23.4 Å². The van der Waals surface area contributed by atoms with Gasteiger partial charge in [0.15, 0.2) is 11.9 Å². The summed E-state index contributed by atoms with van der Waals surface area (Å²) in [4.78, 5) is 0. The predicted molar refractivity (Wildman–Crippen MR) is 53.5 cm³/mol. The van der Waals surface area contributed by atoms with Gasteiger partial charge in [0.2, 0.25) is 0 Å². The van der Waals surface area contributed by atoms with Gasteiger partial charge in [-0.15, -0.1) is 19.0 Å². The van der Waals surface area contributed by atoms with Crippen LogP contribution in [0.4, 0.5) is 0 Å². The molecular formula is C5H15ClN6. The van der Waals surface area contributed by atoms with Gasteiger partial charge >= 0.3 is 0 Å². The standard InChI is InChI=1S/C4H9N3.CH5N3.ClH/c1-2-3-7-4(5)6;2-1(3)4;/h2H,1,3H2,(H4,5,6,7);(H5,2,3,4);1H. The molecule has 0 saturated carbocycles. The minimum absolute atomic E-state index is 0. The van der Waals surface area contributed by atoms with Crippen molar-refractivity contribution < 1.29 is 0 Å². The Balaban J connectivity index is -0.000000142. The lowest BCUT2D eigenvalue weighted by molar-refractivity contribution is 1.01. The van der Waals surface area contributed by atoms with E-state index in [0.29, 0.717) is 6.54 Å². The van der Waals surface area contributed by atoms with Gasteiger partial charge in [-0.05, 0) is 0 Å². The lowest BCUT2D eigenvalue weighted by Crippen LogP contribution is -2.29. The van der Waals surface area contributed by atoms with Crippen LogP contribution in [0.1, 0.15) is 0 Å². The Labute approximate surface area is 77.6 Å². The van der Waals surface area contributed by atoms with Crippen LogP contribution in [0.5, 0.6) is 0 Å². The fourth-order valence-electron chi connectivity index (χ4n) is 0.182. The number of rotatable bonds is 2. The van der Waals surface area contributed by atoms with Crippen molar-refractivity contribution in [1.82, 2.24) is 5.32 Å². The van der Waals surface area contributed by atoms with Crippen molar-refractivity contribution in [1.29, 1.82) is 10.8 Å². The van der Waals surface area contributed by atoms with E-state index in [4.69, 9.17) is 16.6 Å². The number of hydrogen-bond donors (Lipinski definition) is 6. The highest BCUT2D eigenvalue weighted by Gasteiger charge is 1.76. The first kappa shape index (κ1) is 16.9. The maximum atomic E-state index is 6.62.